The number of carbonyl (C=O) groups is 2. The first-order valence-corrected chi connectivity index (χ1v) is 8.99. The Hall–Kier alpha value is -2.57. The molecule has 1 aliphatic rings. The van der Waals surface area contributed by atoms with Crippen molar-refractivity contribution in [3.8, 4) is 0 Å². The number of aromatic nitrogens is 1. The summed E-state index contributed by atoms with van der Waals surface area (Å²) in [7, 11) is 1.65. The zero-order chi connectivity index (χ0) is 18.8. The molecule has 26 heavy (non-hydrogen) atoms. The summed E-state index contributed by atoms with van der Waals surface area (Å²) in [5.74, 6) is 0.133. The molecule has 0 radical (unpaired) electrons. The highest BCUT2D eigenvalue weighted by molar-refractivity contribution is 5.82. The molecule has 7 nitrogen and oxygen atoms in total. The van der Waals surface area contributed by atoms with E-state index in [2.05, 4.69) is 0 Å². The van der Waals surface area contributed by atoms with Gasteiger partial charge in [0.15, 0.2) is 5.58 Å². The second-order valence-electron chi connectivity index (χ2n) is 7.27. The van der Waals surface area contributed by atoms with E-state index in [4.69, 9.17) is 4.42 Å². The summed E-state index contributed by atoms with van der Waals surface area (Å²) in [6.45, 7) is 6.37. The Morgan fingerprint density at radius 1 is 1.08 bits per heavy atom. The van der Waals surface area contributed by atoms with Gasteiger partial charge in [-0.15, -0.1) is 0 Å². The fourth-order valence-electron chi connectivity index (χ4n) is 3.25. The number of fused-ring (bicyclic) bond motifs is 1. The minimum Gasteiger partial charge on any atom is -0.408 e. The van der Waals surface area contributed by atoms with Crippen LogP contribution in [0.25, 0.3) is 11.1 Å². The largest absolute Gasteiger partial charge is 0.419 e. The highest BCUT2D eigenvalue weighted by Gasteiger charge is 2.24. The molecule has 2 amide bonds. The second kappa shape index (κ2) is 7.35. The van der Waals surface area contributed by atoms with E-state index in [9.17, 15) is 14.4 Å². The first-order chi connectivity index (χ1) is 12.3. The smallest absolute Gasteiger partial charge is 0.408 e. The summed E-state index contributed by atoms with van der Waals surface area (Å²) in [5.41, 5.74) is 2.05. The van der Waals surface area contributed by atoms with Crippen LogP contribution in [0, 0.1) is 5.92 Å². The van der Waals surface area contributed by atoms with E-state index in [0.717, 1.165) is 5.56 Å². The van der Waals surface area contributed by atoms with Gasteiger partial charge in [-0.1, -0.05) is 19.9 Å². The summed E-state index contributed by atoms with van der Waals surface area (Å²) >= 11 is 0. The predicted octanol–water partition coefficient (Wildman–Crippen LogP) is 1.39. The first-order valence-electron chi connectivity index (χ1n) is 8.99. The van der Waals surface area contributed by atoms with Crippen LogP contribution in [0.3, 0.4) is 0 Å². The fraction of sp³-hybridized carbons (Fsp3) is 0.526. The molecule has 2 heterocycles. The van der Waals surface area contributed by atoms with Crippen molar-refractivity contribution in [1.82, 2.24) is 14.4 Å². The Balaban J connectivity index is 1.60. The molecule has 1 aromatic carbocycles. The quantitative estimate of drug-likeness (QED) is 0.827. The van der Waals surface area contributed by atoms with Crippen molar-refractivity contribution in [2.45, 2.75) is 26.7 Å². The van der Waals surface area contributed by atoms with Gasteiger partial charge in [0.25, 0.3) is 0 Å². The van der Waals surface area contributed by atoms with Gasteiger partial charge in [0.1, 0.15) is 0 Å². The monoisotopic (exact) mass is 359 g/mol. The summed E-state index contributed by atoms with van der Waals surface area (Å²) in [6.07, 6.45) is 0.826. The molecule has 0 spiro atoms. The van der Waals surface area contributed by atoms with E-state index in [0.29, 0.717) is 49.6 Å². The summed E-state index contributed by atoms with van der Waals surface area (Å²) in [6, 6.07) is 5.36. The number of hydrogen-bond acceptors (Lipinski definition) is 4. The van der Waals surface area contributed by atoms with Crippen molar-refractivity contribution in [2.24, 2.45) is 13.0 Å². The van der Waals surface area contributed by atoms with E-state index in [1.54, 1.807) is 18.0 Å². The van der Waals surface area contributed by atoms with Crippen LogP contribution in [0.5, 0.6) is 0 Å². The number of benzene rings is 1. The van der Waals surface area contributed by atoms with Gasteiger partial charge in [-0.25, -0.2) is 4.79 Å². The van der Waals surface area contributed by atoms with E-state index >= 15 is 0 Å². The zero-order valence-electron chi connectivity index (χ0n) is 15.5. The molecule has 0 atom stereocenters. The second-order valence-corrected chi connectivity index (χ2v) is 7.27. The molecule has 0 saturated carbocycles. The number of piperazine rings is 1. The Morgan fingerprint density at radius 3 is 2.31 bits per heavy atom. The van der Waals surface area contributed by atoms with Crippen LogP contribution in [-0.4, -0.2) is 52.4 Å². The number of rotatable bonds is 4. The molecule has 3 rings (SSSR count). The number of aryl methyl sites for hydroxylation is 1. The van der Waals surface area contributed by atoms with Crippen LogP contribution < -0.4 is 5.76 Å². The van der Waals surface area contributed by atoms with Gasteiger partial charge in [0.05, 0.1) is 11.9 Å². The number of amides is 2. The standard InChI is InChI=1S/C19H25N3O4/c1-13(2)10-17(23)21-6-8-22(9-7-21)18(24)12-14-4-5-16-15(11-14)20(3)19(25)26-16/h4-5,11,13H,6-10,12H2,1-3H3. The van der Waals surface area contributed by atoms with Crippen molar-refractivity contribution in [1.29, 1.82) is 0 Å². The van der Waals surface area contributed by atoms with Crippen molar-refractivity contribution in [3.63, 3.8) is 0 Å². The zero-order valence-corrected chi connectivity index (χ0v) is 15.5. The van der Waals surface area contributed by atoms with Gasteiger partial charge < -0.3 is 14.2 Å². The van der Waals surface area contributed by atoms with Crippen molar-refractivity contribution < 1.29 is 14.0 Å². The highest BCUT2D eigenvalue weighted by atomic mass is 16.4. The molecular formula is C19H25N3O4. The van der Waals surface area contributed by atoms with Gasteiger partial charge in [-0.2, -0.15) is 0 Å². The van der Waals surface area contributed by atoms with Crippen LogP contribution in [-0.2, 0) is 23.1 Å². The molecule has 1 saturated heterocycles. The molecule has 1 aliphatic heterocycles. The molecule has 7 heteroatoms. The van der Waals surface area contributed by atoms with Gasteiger partial charge in [-0.3, -0.25) is 14.2 Å². The van der Waals surface area contributed by atoms with Crippen LogP contribution in [0.4, 0.5) is 0 Å². The minimum absolute atomic E-state index is 0.0359. The molecule has 0 bridgehead atoms. The lowest BCUT2D eigenvalue weighted by atomic mass is 10.1. The molecule has 0 aliphatic carbocycles. The fourth-order valence-corrected chi connectivity index (χ4v) is 3.25. The third kappa shape index (κ3) is 3.81. The van der Waals surface area contributed by atoms with Crippen molar-refractivity contribution >= 4 is 22.9 Å². The third-order valence-corrected chi connectivity index (χ3v) is 4.78. The van der Waals surface area contributed by atoms with Crippen LogP contribution in [0.1, 0.15) is 25.8 Å². The average molecular weight is 359 g/mol. The molecule has 0 unspecified atom stereocenters. The van der Waals surface area contributed by atoms with Crippen molar-refractivity contribution in [2.75, 3.05) is 26.2 Å². The van der Waals surface area contributed by atoms with E-state index in [1.165, 1.54) is 4.57 Å². The van der Waals surface area contributed by atoms with E-state index in [-0.39, 0.29) is 18.2 Å². The lowest BCUT2D eigenvalue weighted by Gasteiger charge is -2.35. The normalized spacial score (nSPS) is 15.1. The van der Waals surface area contributed by atoms with E-state index in [1.807, 2.05) is 30.9 Å². The molecular weight excluding hydrogens is 334 g/mol. The predicted molar refractivity (Wildman–Crippen MR) is 97.8 cm³/mol. The number of nitrogens with zero attached hydrogens (tertiary/aromatic N) is 3. The summed E-state index contributed by atoms with van der Waals surface area (Å²) in [5, 5.41) is 0. The SMILES string of the molecule is CC(C)CC(=O)N1CCN(C(=O)Cc2ccc3oc(=O)n(C)c3c2)CC1. The van der Waals surface area contributed by atoms with Crippen LogP contribution >= 0.6 is 0 Å². The Morgan fingerprint density at radius 2 is 1.69 bits per heavy atom. The molecule has 1 aromatic heterocycles. The maximum Gasteiger partial charge on any atom is 0.419 e. The third-order valence-electron chi connectivity index (χ3n) is 4.78. The van der Waals surface area contributed by atoms with Crippen LogP contribution in [0.2, 0.25) is 0 Å². The topological polar surface area (TPSA) is 75.8 Å². The maximum atomic E-state index is 12.6. The number of oxazole rings is 1. The Labute approximate surface area is 152 Å². The van der Waals surface area contributed by atoms with Crippen molar-refractivity contribution in [3.05, 3.63) is 34.3 Å². The van der Waals surface area contributed by atoms with Crippen LogP contribution in [0.15, 0.2) is 27.4 Å². The lowest BCUT2D eigenvalue weighted by Crippen LogP contribution is -2.51. The highest BCUT2D eigenvalue weighted by Crippen LogP contribution is 2.16. The Bertz CT molecular complexity index is 873. The summed E-state index contributed by atoms with van der Waals surface area (Å²) < 4.78 is 6.54. The maximum absolute atomic E-state index is 12.6. The van der Waals surface area contributed by atoms with Gasteiger partial charge in [0.2, 0.25) is 11.8 Å². The summed E-state index contributed by atoms with van der Waals surface area (Å²) in [4.78, 5) is 39.9. The molecule has 2 aromatic rings. The minimum atomic E-state index is -0.411. The molecule has 1 fully saturated rings. The van der Waals surface area contributed by atoms with Gasteiger partial charge >= 0.3 is 5.76 Å². The molecule has 0 N–H and O–H groups in total. The number of carbonyl (C=O) groups excluding carboxylic acids is 2. The lowest BCUT2D eigenvalue weighted by molar-refractivity contribution is -0.139. The molecule has 140 valence electrons. The van der Waals surface area contributed by atoms with Gasteiger partial charge in [0, 0.05) is 39.6 Å². The first kappa shape index (κ1) is 18.2. The average Bonchev–Trinajstić information content (AvgIpc) is 2.89. The van der Waals surface area contributed by atoms with E-state index < -0.39 is 5.76 Å². The van der Waals surface area contributed by atoms with Gasteiger partial charge in [-0.05, 0) is 23.6 Å². The Kier molecular flexibility index (Phi) is 5.15. The number of hydrogen-bond donors (Lipinski definition) is 0.